The van der Waals surface area contributed by atoms with Crippen molar-refractivity contribution in [1.82, 2.24) is 10.3 Å². The lowest BCUT2D eigenvalue weighted by molar-refractivity contribution is -0.123. The Hall–Kier alpha value is -3.90. The highest BCUT2D eigenvalue weighted by atomic mass is 32.1. The molecule has 0 fully saturated rings. The summed E-state index contributed by atoms with van der Waals surface area (Å²) in [7, 11) is 0. The topological polar surface area (TPSA) is 60.5 Å². The van der Waals surface area contributed by atoms with E-state index in [0.29, 0.717) is 24.7 Å². The Labute approximate surface area is 197 Å². The second-order valence-corrected chi connectivity index (χ2v) is 8.07. The number of carbonyl (C=O) groups excluding carboxylic acids is 1. The average Bonchev–Trinajstić information content (AvgIpc) is 3.37. The summed E-state index contributed by atoms with van der Waals surface area (Å²) in [4.78, 5) is 17.0. The van der Waals surface area contributed by atoms with Crippen molar-refractivity contribution in [3.8, 4) is 33.3 Å². The average molecular weight is 457 g/mol. The van der Waals surface area contributed by atoms with Gasteiger partial charge < -0.3 is 14.8 Å². The van der Waals surface area contributed by atoms with Crippen LogP contribution in [-0.2, 0) is 11.3 Å². The van der Waals surface area contributed by atoms with Crippen LogP contribution in [-0.4, -0.2) is 24.1 Å². The first-order valence-electron chi connectivity index (χ1n) is 10.6. The Kier molecular flexibility index (Phi) is 7.51. The maximum Gasteiger partial charge on any atom is 0.258 e. The summed E-state index contributed by atoms with van der Waals surface area (Å²) in [6.45, 7) is 4.34. The number of nitrogens with zero attached hydrogens (tertiary/aromatic N) is 1. The van der Waals surface area contributed by atoms with E-state index in [2.05, 4.69) is 29.4 Å². The van der Waals surface area contributed by atoms with E-state index >= 15 is 0 Å². The summed E-state index contributed by atoms with van der Waals surface area (Å²) < 4.78 is 11.2. The maximum absolute atomic E-state index is 12.2. The zero-order chi connectivity index (χ0) is 22.9. The fourth-order valence-electron chi connectivity index (χ4n) is 3.15. The highest BCUT2D eigenvalue weighted by molar-refractivity contribution is 7.13. The lowest BCUT2D eigenvalue weighted by Gasteiger charge is -2.12. The maximum atomic E-state index is 12.2. The number of carbonyl (C=O) groups is 1. The van der Waals surface area contributed by atoms with Crippen molar-refractivity contribution in [3.05, 3.63) is 102 Å². The van der Waals surface area contributed by atoms with E-state index in [0.717, 1.165) is 27.4 Å². The van der Waals surface area contributed by atoms with E-state index in [1.54, 1.807) is 29.5 Å². The summed E-state index contributed by atoms with van der Waals surface area (Å²) >= 11 is 1.62. The Morgan fingerprint density at radius 1 is 0.909 bits per heavy atom. The van der Waals surface area contributed by atoms with Crippen molar-refractivity contribution >= 4 is 17.2 Å². The molecule has 1 amide bonds. The molecule has 1 N–H and O–H groups in total. The molecule has 3 aromatic carbocycles. The predicted molar refractivity (Wildman–Crippen MR) is 132 cm³/mol. The molecular weight excluding hydrogens is 432 g/mol. The second kappa shape index (κ2) is 11.1. The van der Waals surface area contributed by atoms with E-state index in [4.69, 9.17) is 14.5 Å². The fourth-order valence-corrected chi connectivity index (χ4v) is 3.98. The lowest BCUT2D eigenvalue weighted by Crippen LogP contribution is -2.28. The molecule has 0 radical (unpaired) electrons. The quantitative estimate of drug-likeness (QED) is 0.309. The molecule has 0 aliphatic carbocycles. The van der Waals surface area contributed by atoms with Gasteiger partial charge in [-0.3, -0.25) is 4.79 Å². The Bertz CT molecular complexity index is 1200. The Morgan fingerprint density at radius 2 is 1.61 bits per heavy atom. The van der Waals surface area contributed by atoms with E-state index < -0.39 is 0 Å². The molecule has 0 aliphatic heterocycles. The molecule has 0 atom stereocenters. The van der Waals surface area contributed by atoms with E-state index in [9.17, 15) is 4.79 Å². The Balaban J connectivity index is 1.29. The third-order valence-electron chi connectivity index (χ3n) is 4.83. The summed E-state index contributed by atoms with van der Waals surface area (Å²) in [6.07, 6.45) is 1.66. The highest BCUT2D eigenvalue weighted by Gasteiger charge is 2.09. The van der Waals surface area contributed by atoms with Crippen molar-refractivity contribution in [2.24, 2.45) is 0 Å². The number of aromatic nitrogens is 1. The third kappa shape index (κ3) is 6.08. The molecular formula is C27H24N2O3S. The first-order chi connectivity index (χ1) is 16.2. The van der Waals surface area contributed by atoms with Crippen LogP contribution >= 0.6 is 11.3 Å². The summed E-state index contributed by atoms with van der Waals surface area (Å²) in [6, 6.07) is 25.4. The highest BCUT2D eigenvalue weighted by Crippen LogP contribution is 2.29. The Morgan fingerprint density at radius 3 is 2.33 bits per heavy atom. The number of hydrogen-bond acceptors (Lipinski definition) is 5. The monoisotopic (exact) mass is 456 g/mol. The lowest BCUT2D eigenvalue weighted by atomic mass is 10.1. The van der Waals surface area contributed by atoms with Crippen molar-refractivity contribution in [2.45, 2.75) is 6.54 Å². The van der Waals surface area contributed by atoms with E-state index in [1.807, 2.05) is 54.6 Å². The van der Waals surface area contributed by atoms with Crippen LogP contribution in [0.4, 0.5) is 0 Å². The molecule has 0 bridgehead atoms. The van der Waals surface area contributed by atoms with Gasteiger partial charge in [-0.15, -0.1) is 11.3 Å². The van der Waals surface area contributed by atoms with Gasteiger partial charge >= 0.3 is 0 Å². The molecule has 4 aromatic rings. The van der Waals surface area contributed by atoms with Gasteiger partial charge in [0.25, 0.3) is 5.91 Å². The number of thiazole rings is 1. The third-order valence-corrected chi connectivity index (χ3v) is 5.72. The van der Waals surface area contributed by atoms with Crippen LogP contribution in [0.15, 0.2) is 96.9 Å². The number of hydrogen-bond donors (Lipinski definition) is 1. The molecule has 6 heteroatoms. The molecule has 4 rings (SSSR count). The number of para-hydroxylation sites is 2. The number of ether oxygens (including phenoxy) is 2. The van der Waals surface area contributed by atoms with Gasteiger partial charge in [0.15, 0.2) is 18.1 Å². The molecule has 1 aromatic heterocycles. The number of rotatable bonds is 10. The SMILES string of the molecule is C=CCOc1ccccc1OCC(=O)NCc1ccc(-c2nc(-c3ccccc3)cs2)cc1. The van der Waals surface area contributed by atoms with Crippen molar-refractivity contribution in [3.63, 3.8) is 0 Å². The molecule has 0 saturated carbocycles. The normalized spacial score (nSPS) is 10.4. The van der Waals surface area contributed by atoms with E-state index in [-0.39, 0.29) is 12.5 Å². The van der Waals surface area contributed by atoms with Crippen LogP contribution in [0.2, 0.25) is 0 Å². The minimum atomic E-state index is -0.204. The van der Waals surface area contributed by atoms with Gasteiger partial charge in [0.2, 0.25) is 0 Å². The van der Waals surface area contributed by atoms with Crippen LogP contribution in [0.25, 0.3) is 21.8 Å². The minimum Gasteiger partial charge on any atom is -0.486 e. The molecule has 0 spiro atoms. The molecule has 0 aliphatic rings. The predicted octanol–water partition coefficient (Wildman–Crippen LogP) is 5.74. The summed E-state index contributed by atoms with van der Waals surface area (Å²) in [5.74, 6) is 0.903. The van der Waals surface area contributed by atoms with Gasteiger partial charge in [-0.05, 0) is 17.7 Å². The number of amides is 1. The zero-order valence-corrected chi connectivity index (χ0v) is 18.9. The molecule has 5 nitrogen and oxygen atoms in total. The van der Waals surface area contributed by atoms with Crippen LogP contribution in [0.3, 0.4) is 0 Å². The van der Waals surface area contributed by atoms with Crippen LogP contribution in [0, 0.1) is 0 Å². The summed E-state index contributed by atoms with van der Waals surface area (Å²) in [5, 5.41) is 5.92. The molecule has 166 valence electrons. The minimum absolute atomic E-state index is 0.0894. The van der Waals surface area contributed by atoms with Crippen molar-refractivity contribution in [1.29, 1.82) is 0 Å². The fraction of sp³-hybridized carbons (Fsp3) is 0.111. The van der Waals surface area contributed by atoms with Crippen LogP contribution < -0.4 is 14.8 Å². The smallest absolute Gasteiger partial charge is 0.258 e. The second-order valence-electron chi connectivity index (χ2n) is 7.21. The first kappa shape index (κ1) is 22.3. The summed E-state index contributed by atoms with van der Waals surface area (Å²) in [5.41, 5.74) is 4.14. The number of nitrogens with one attached hydrogen (secondary N) is 1. The van der Waals surface area contributed by atoms with Gasteiger partial charge in [0.05, 0.1) is 5.69 Å². The molecule has 1 heterocycles. The van der Waals surface area contributed by atoms with Gasteiger partial charge in [0, 0.05) is 23.1 Å². The molecule has 0 unspecified atom stereocenters. The van der Waals surface area contributed by atoms with Crippen molar-refractivity contribution < 1.29 is 14.3 Å². The first-order valence-corrected chi connectivity index (χ1v) is 11.4. The largest absolute Gasteiger partial charge is 0.486 e. The van der Waals surface area contributed by atoms with Crippen LogP contribution in [0.1, 0.15) is 5.56 Å². The van der Waals surface area contributed by atoms with Crippen LogP contribution in [0.5, 0.6) is 11.5 Å². The zero-order valence-electron chi connectivity index (χ0n) is 18.1. The number of benzene rings is 3. The molecule has 33 heavy (non-hydrogen) atoms. The van der Waals surface area contributed by atoms with Gasteiger partial charge in [-0.2, -0.15) is 0 Å². The molecule has 0 saturated heterocycles. The standard InChI is InChI=1S/C27H24N2O3S/c1-2-16-31-24-10-6-7-11-25(24)32-18-26(30)28-17-20-12-14-22(15-13-20)27-29-23(19-33-27)21-8-4-3-5-9-21/h2-15,19H,1,16-18H2,(H,28,30). The van der Waals surface area contributed by atoms with Gasteiger partial charge in [-0.1, -0.05) is 79.4 Å². The van der Waals surface area contributed by atoms with Gasteiger partial charge in [-0.25, -0.2) is 4.98 Å². The van der Waals surface area contributed by atoms with Gasteiger partial charge in [0.1, 0.15) is 11.6 Å². The van der Waals surface area contributed by atoms with Crippen molar-refractivity contribution in [2.75, 3.05) is 13.2 Å². The van der Waals surface area contributed by atoms with E-state index in [1.165, 1.54) is 0 Å².